The molecule has 1 aromatic heterocycles. The summed E-state index contributed by atoms with van der Waals surface area (Å²) in [4.78, 5) is 4.80. The molecule has 9 heteroatoms. The number of phenolic OH excluding ortho intramolecular Hbond substituents is 1. The van der Waals surface area contributed by atoms with Crippen LogP contribution in [0.15, 0.2) is 29.2 Å². The zero-order valence-electron chi connectivity index (χ0n) is 15.9. The van der Waals surface area contributed by atoms with Crippen molar-refractivity contribution in [3.05, 3.63) is 46.5 Å². The Bertz CT molecular complexity index is 1060. The molecule has 0 aliphatic carbocycles. The molecule has 0 amide bonds. The highest BCUT2D eigenvalue weighted by molar-refractivity contribution is 7.89. The highest BCUT2D eigenvalue weighted by atomic mass is 32.2. The minimum Gasteiger partial charge on any atom is -0.507 e. The van der Waals surface area contributed by atoms with Crippen LogP contribution in [0.5, 0.6) is 5.75 Å². The van der Waals surface area contributed by atoms with Crippen molar-refractivity contribution in [1.82, 2.24) is 9.71 Å². The number of fused-ring (bicyclic) bond motifs is 1. The van der Waals surface area contributed by atoms with Crippen LogP contribution in [0.2, 0.25) is 0 Å². The summed E-state index contributed by atoms with van der Waals surface area (Å²) in [5.41, 5.74) is 4.43. The summed E-state index contributed by atoms with van der Waals surface area (Å²) in [5, 5.41) is 23.0. The molecule has 150 valence electrons. The second kappa shape index (κ2) is 8.04. The minimum absolute atomic E-state index is 0.0168. The Morgan fingerprint density at radius 3 is 2.39 bits per heavy atom. The number of thiazole rings is 1. The highest BCUT2D eigenvalue weighted by Crippen LogP contribution is 2.38. The number of nitrogens with zero attached hydrogens (tertiary/aromatic N) is 1. The van der Waals surface area contributed by atoms with Crippen molar-refractivity contribution in [2.75, 3.05) is 18.5 Å². The van der Waals surface area contributed by atoms with E-state index in [9.17, 15) is 13.5 Å². The Balaban J connectivity index is 1.76. The van der Waals surface area contributed by atoms with E-state index in [2.05, 4.69) is 15.0 Å². The van der Waals surface area contributed by atoms with Gasteiger partial charge in [-0.15, -0.1) is 0 Å². The van der Waals surface area contributed by atoms with Crippen LogP contribution in [0.3, 0.4) is 0 Å². The SMILES string of the molecule is Cc1c(O)c(C)c2sc(NCc3ccc(S(=O)(=O)NCCO)cc3)nc2c1C. The van der Waals surface area contributed by atoms with Crippen LogP contribution in [0.4, 0.5) is 5.13 Å². The molecule has 7 nitrogen and oxygen atoms in total. The van der Waals surface area contributed by atoms with Gasteiger partial charge in [-0.05, 0) is 49.6 Å². The fraction of sp³-hybridized carbons (Fsp3) is 0.316. The smallest absolute Gasteiger partial charge is 0.240 e. The van der Waals surface area contributed by atoms with Crippen molar-refractivity contribution in [3.8, 4) is 5.75 Å². The number of nitrogens with one attached hydrogen (secondary N) is 2. The zero-order valence-corrected chi connectivity index (χ0v) is 17.5. The molecule has 3 rings (SSSR count). The molecule has 0 bridgehead atoms. The van der Waals surface area contributed by atoms with E-state index >= 15 is 0 Å². The summed E-state index contributed by atoms with van der Waals surface area (Å²) in [6.07, 6.45) is 0. The van der Waals surface area contributed by atoms with E-state index < -0.39 is 10.0 Å². The number of hydrogen-bond donors (Lipinski definition) is 4. The molecule has 1 heterocycles. The van der Waals surface area contributed by atoms with Crippen LogP contribution in [-0.4, -0.2) is 36.8 Å². The van der Waals surface area contributed by atoms with E-state index in [1.807, 2.05) is 20.8 Å². The standard InChI is InChI=1S/C19H23N3O4S2/c1-11-12(2)17(24)13(3)18-16(11)22-19(27-18)20-10-14-4-6-15(7-5-14)28(25,26)21-8-9-23/h4-7,21,23-24H,8-10H2,1-3H3,(H,20,22). The van der Waals surface area contributed by atoms with Gasteiger partial charge in [-0.1, -0.05) is 23.5 Å². The van der Waals surface area contributed by atoms with Crippen molar-refractivity contribution >= 4 is 36.7 Å². The van der Waals surface area contributed by atoms with Crippen molar-refractivity contribution in [3.63, 3.8) is 0 Å². The molecule has 0 aliphatic heterocycles. The van der Waals surface area contributed by atoms with Crippen LogP contribution in [0.25, 0.3) is 10.2 Å². The molecule has 28 heavy (non-hydrogen) atoms. The summed E-state index contributed by atoms with van der Waals surface area (Å²) >= 11 is 1.48. The first-order valence-electron chi connectivity index (χ1n) is 8.77. The minimum atomic E-state index is -3.61. The molecule has 0 aliphatic rings. The number of benzene rings is 2. The summed E-state index contributed by atoms with van der Waals surface area (Å²) in [7, 11) is -3.61. The van der Waals surface area contributed by atoms with E-state index in [1.54, 1.807) is 12.1 Å². The summed E-state index contributed by atoms with van der Waals surface area (Å²) in [6, 6.07) is 6.54. The predicted molar refractivity (Wildman–Crippen MR) is 112 cm³/mol. The number of aromatic nitrogens is 1. The third-order valence-electron chi connectivity index (χ3n) is 4.68. The van der Waals surface area contributed by atoms with Gasteiger partial charge in [0.1, 0.15) is 5.75 Å². The molecule has 0 saturated heterocycles. The van der Waals surface area contributed by atoms with Gasteiger partial charge in [0.15, 0.2) is 5.13 Å². The molecule has 0 fully saturated rings. The first-order valence-corrected chi connectivity index (χ1v) is 11.1. The van der Waals surface area contributed by atoms with Gasteiger partial charge in [0.25, 0.3) is 0 Å². The van der Waals surface area contributed by atoms with Crippen LogP contribution < -0.4 is 10.0 Å². The monoisotopic (exact) mass is 421 g/mol. The van der Waals surface area contributed by atoms with E-state index in [0.29, 0.717) is 12.3 Å². The van der Waals surface area contributed by atoms with Crippen LogP contribution in [0.1, 0.15) is 22.3 Å². The van der Waals surface area contributed by atoms with Crippen LogP contribution >= 0.6 is 11.3 Å². The largest absolute Gasteiger partial charge is 0.507 e. The number of aliphatic hydroxyl groups is 1. The molecule has 0 saturated carbocycles. The lowest BCUT2D eigenvalue weighted by atomic mass is 10.0. The Hall–Kier alpha value is -2.20. The van der Waals surface area contributed by atoms with Crippen LogP contribution in [-0.2, 0) is 16.6 Å². The highest BCUT2D eigenvalue weighted by Gasteiger charge is 2.16. The zero-order chi connectivity index (χ0) is 20.5. The van der Waals surface area contributed by atoms with Gasteiger partial charge in [-0.2, -0.15) is 0 Å². The molecule has 0 atom stereocenters. The van der Waals surface area contributed by atoms with E-state index in [0.717, 1.165) is 37.6 Å². The fourth-order valence-electron chi connectivity index (χ4n) is 2.88. The molecule has 2 aromatic carbocycles. The molecule has 0 spiro atoms. The van der Waals surface area contributed by atoms with Gasteiger partial charge >= 0.3 is 0 Å². The fourth-order valence-corrected chi connectivity index (χ4v) is 4.92. The van der Waals surface area contributed by atoms with E-state index in [-0.39, 0.29) is 18.0 Å². The Morgan fingerprint density at radius 1 is 1.07 bits per heavy atom. The van der Waals surface area contributed by atoms with Crippen molar-refractivity contribution in [1.29, 1.82) is 0 Å². The van der Waals surface area contributed by atoms with Gasteiger partial charge in [-0.3, -0.25) is 0 Å². The molecule has 3 aromatic rings. The average molecular weight is 422 g/mol. The number of aromatic hydroxyl groups is 1. The lowest BCUT2D eigenvalue weighted by Crippen LogP contribution is -2.26. The lowest BCUT2D eigenvalue weighted by Gasteiger charge is -2.07. The number of aryl methyl sites for hydroxylation is 2. The van der Waals surface area contributed by atoms with Gasteiger partial charge in [0.2, 0.25) is 10.0 Å². The van der Waals surface area contributed by atoms with Crippen LogP contribution in [0, 0.1) is 20.8 Å². The van der Waals surface area contributed by atoms with Crippen molar-refractivity contribution < 1.29 is 18.6 Å². The Morgan fingerprint density at radius 2 is 1.75 bits per heavy atom. The Labute approximate surface area is 168 Å². The molecule has 4 N–H and O–H groups in total. The quantitative estimate of drug-likeness (QED) is 0.467. The maximum Gasteiger partial charge on any atom is 0.240 e. The average Bonchev–Trinajstić information content (AvgIpc) is 3.12. The maximum absolute atomic E-state index is 12.0. The van der Waals surface area contributed by atoms with Crippen molar-refractivity contribution in [2.24, 2.45) is 0 Å². The number of rotatable bonds is 7. The molecule has 0 radical (unpaired) electrons. The van der Waals surface area contributed by atoms with E-state index in [4.69, 9.17) is 5.11 Å². The Kier molecular flexibility index (Phi) is 5.90. The van der Waals surface area contributed by atoms with Crippen molar-refractivity contribution in [2.45, 2.75) is 32.2 Å². The van der Waals surface area contributed by atoms with Gasteiger partial charge in [0.05, 0.1) is 21.7 Å². The van der Waals surface area contributed by atoms with Gasteiger partial charge in [0, 0.05) is 18.7 Å². The summed E-state index contributed by atoms with van der Waals surface area (Å²) in [5.74, 6) is 0.312. The number of phenols is 1. The number of anilines is 1. The lowest BCUT2D eigenvalue weighted by molar-refractivity contribution is 0.301. The van der Waals surface area contributed by atoms with Gasteiger partial charge < -0.3 is 15.5 Å². The van der Waals surface area contributed by atoms with Gasteiger partial charge in [-0.25, -0.2) is 18.1 Å². The number of aliphatic hydroxyl groups excluding tert-OH is 1. The molecular formula is C19H23N3O4S2. The predicted octanol–water partition coefficient (Wildman–Crippen LogP) is 2.81. The number of hydrogen-bond acceptors (Lipinski definition) is 7. The van der Waals surface area contributed by atoms with E-state index in [1.165, 1.54) is 23.5 Å². The summed E-state index contributed by atoms with van der Waals surface area (Å²) < 4.78 is 27.3. The first-order chi connectivity index (χ1) is 13.2. The second-order valence-corrected chi connectivity index (χ2v) is 9.31. The molecular weight excluding hydrogens is 398 g/mol. The topological polar surface area (TPSA) is 112 Å². The second-order valence-electron chi connectivity index (χ2n) is 6.54. The molecule has 0 unspecified atom stereocenters. The maximum atomic E-state index is 12.0. The normalized spacial score (nSPS) is 11.9. The summed E-state index contributed by atoms with van der Waals surface area (Å²) in [6.45, 7) is 5.94. The third-order valence-corrected chi connectivity index (χ3v) is 7.29. The number of sulfonamides is 1. The first kappa shape index (κ1) is 20.5. The third kappa shape index (κ3) is 3.97.